The maximum Gasteiger partial charge on any atom is 0.416 e. The number of hydrogen-bond donors (Lipinski definition) is 1. The molecule has 0 aromatic heterocycles. The maximum atomic E-state index is 12.7. The molecule has 0 saturated carbocycles. The fourth-order valence-electron chi connectivity index (χ4n) is 1.88. The van der Waals surface area contributed by atoms with Gasteiger partial charge in [-0.15, -0.1) is 0 Å². The second-order valence-corrected chi connectivity index (χ2v) is 4.89. The number of benzene rings is 1. The van der Waals surface area contributed by atoms with Gasteiger partial charge in [-0.25, -0.2) is 4.79 Å². The van der Waals surface area contributed by atoms with E-state index in [0.717, 1.165) is 19.2 Å². The van der Waals surface area contributed by atoms with E-state index >= 15 is 0 Å². The quantitative estimate of drug-likeness (QED) is 0.843. The molecule has 0 spiro atoms. The van der Waals surface area contributed by atoms with Crippen LogP contribution in [-0.4, -0.2) is 25.0 Å². The number of carbonyl (C=O) groups is 2. The van der Waals surface area contributed by atoms with Crippen LogP contribution >= 0.6 is 0 Å². The second kappa shape index (κ2) is 7.63. The Morgan fingerprint density at radius 3 is 2.57 bits per heavy atom. The fourth-order valence-corrected chi connectivity index (χ4v) is 1.88. The zero-order chi connectivity index (χ0) is 17.6. The average molecular weight is 328 g/mol. The summed E-state index contributed by atoms with van der Waals surface area (Å²) in [6.45, 7) is 1.55. The summed E-state index contributed by atoms with van der Waals surface area (Å²) in [4.78, 5) is 23.8. The summed E-state index contributed by atoms with van der Waals surface area (Å²) < 4.78 is 42.5. The fraction of sp³-hybridized carbons (Fsp3) is 0.400. The monoisotopic (exact) mass is 328 g/mol. The number of ether oxygens (including phenoxy) is 1. The van der Waals surface area contributed by atoms with Gasteiger partial charge in [0.05, 0.1) is 18.7 Å². The third kappa shape index (κ3) is 4.98. The van der Waals surface area contributed by atoms with Crippen LogP contribution in [0.25, 0.3) is 0 Å². The van der Waals surface area contributed by atoms with E-state index in [1.165, 1.54) is 6.07 Å². The van der Waals surface area contributed by atoms with Gasteiger partial charge in [-0.3, -0.25) is 4.79 Å². The number of carbonyl (C=O) groups excluding carboxylic acids is 2. The Labute approximate surface area is 131 Å². The lowest BCUT2D eigenvalue weighted by Crippen LogP contribution is -2.45. The zero-order valence-corrected chi connectivity index (χ0v) is 12.5. The Bertz CT molecular complexity index is 623. The number of esters is 1. The predicted molar refractivity (Wildman–Crippen MR) is 74.1 cm³/mol. The summed E-state index contributed by atoms with van der Waals surface area (Å²) in [6, 6.07) is 4.57. The first-order valence-corrected chi connectivity index (χ1v) is 6.63. The summed E-state index contributed by atoms with van der Waals surface area (Å²) in [5, 5.41) is 11.0. The summed E-state index contributed by atoms with van der Waals surface area (Å²) in [6.07, 6.45) is -4.60. The molecule has 1 amide bonds. The summed E-state index contributed by atoms with van der Waals surface area (Å²) in [5.74, 6) is -2.17. The molecule has 1 N–H and O–H groups in total. The van der Waals surface area contributed by atoms with Crippen LogP contribution in [-0.2, 0) is 15.7 Å². The number of hydrogen-bond acceptors (Lipinski definition) is 4. The molecule has 1 aromatic carbocycles. The van der Waals surface area contributed by atoms with E-state index in [9.17, 15) is 22.8 Å². The third-order valence-corrected chi connectivity index (χ3v) is 3.18. The molecule has 0 bridgehead atoms. The van der Waals surface area contributed by atoms with Gasteiger partial charge in [0, 0.05) is 17.9 Å². The van der Waals surface area contributed by atoms with Crippen LogP contribution in [0, 0.1) is 17.2 Å². The molecule has 0 aliphatic carbocycles. The number of nitriles is 1. The van der Waals surface area contributed by atoms with Crippen molar-refractivity contribution in [3.05, 3.63) is 35.4 Å². The highest BCUT2D eigenvalue weighted by Gasteiger charge is 2.32. The molecular weight excluding hydrogens is 313 g/mol. The van der Waals surface area contributed by atoms with E-state index in [1.807, 2.05) is 6.07 Å². The number of halogens is 3. The summed E-state index contributed by atoms with van der Waals surface area (Å²) in [7, 11) is 1.12. The van der Waals surface area contributed by atoms with Gasteiger partial charge < -0.3 is 10.1 Å². The Hall–Kier alpha value is -2.56. The summed E-state index contributed by atoms with van der Waals surface area (Å²) in [5.41, 5.74) is -1.21. The van der Waals surface area contributed by atoms with Gasteiger partial charge in [0.25, 0.3) is 5.91 Å². The zero-order valence-electron chi connectivity index (χ0n) is 12.5. The predicted octanol–water partition coefficient (Wildman–Crippen LogP) is 2.53. The van der Waals surface area contributed by atoms with E-state index < -0.39 is 35.6 Å². The van der Waals surface area contributed by atoms with Gasteiger partial charge in [0.15, 0.2) is 0 Å². The molecule has 23 heavy (non-hydrogen) atoms. The SMILES string of the molecule is COC(=O)[C@H](NC(=O)c1cccc(C(F)(F)F)c1)[C@H](C)CC#N. The van der Waals surface area contributed by atoms with Crippen molar-refractivity contribution in [1.82, 2.24) is 5.32 Å². The number of nitrogens with one attached hydrogen (secondary N) is 1. The van der Waals surface area contributed by atoms with Crippen molar-refractivity contribution in [2.45, 2.75) is 25.6 Å². The molecule has 0 saturated heterocycles. The molecule has 0 aliphatic rings. The Morgan fingerprint density at radius 2 is 2.04 bits per heavy atom. The first-order chi connectivity index (χ1) is 10.7. The number of nitrogens with zero attached hydrogens (tertiary/aromatic N) is 1. The van der Waals surface area contributed by atoms with Crippen LogP contribution in [0.3, 0.4) is 0 Å². The van der Waals surface area contributed by atoms with Crippen molar-refractivity contribution in [3.63, 3.8) is 0 Å². The van der Waals surface area contributed by atoms with Crippen molar-refractivity contribution < 1.29 is 27.5 Å². The lowest BCUT2D eigenvalue weighted by Gasteiger charge is -2.21. The molecule has 0 radical (unpaired) electrons. The molecule has 2 atom stereocenters. The van der Waals surface area contributed by atoms with Gasteiger partial charge in [-0.2, -0.15) is 18.4 Å². The number of rotatable bonds is 5. The normalized spacial score (nSPS) is 13.6. The van der Waals surface area contributed by atoms with E-state index in [2.05, 4.69) is 10.1 Å². The van der Waals surface area contributed by atoms with E-state index in [0.29, 0.717) is 6.07 Å². The molecular formula is C15H15F3N2O3. The molecule has 8 heteroatoms. The first kappa shape index (κ1) is 18.5. The number of amides is 1. The van der Waals surface area contributed by atoms with Gasteiger partial charge in [0.2, 0.25) is 0 Å². The Balaban J connectivity index is 2.99. The van der Waals surface area contributed by atoms with E-state index in [4.69, 9.17) is 5.26 Å². The minimum absolute atomic E-state index is 0.0252. The number of alkyl halides is 3. The van der Waals surface area contributed by atoms with Crippen LogP contribution in [0.5, 0.6) is 0 Å². The van der Waals surface area contributed by atoms with Crippen LogP contribution in [0.1, 0.15) is 29.3 Å². The Morgan fingerprint density at radius 1 is 1.39 bits per heavy atom. The first-order valence-electron chi connectivity index (χ1n) is 6.63. The standard InChI is InChI=1S/C15H15F3N2O3/c1-9(6-7-19)12(14(22)23-2)20-13(21)10-4-3-5-11(8-10)15(16,17)18/h3-5,8-9,12H,6H2,1-2H3,(H,20,21)/t9-,12-/m1/s1. The van der Waals surface area contributed by atoms with Crippen molar-refractivity contribution in [1.29, 1.82) is 5.26 Å². The lowest BCUT2D eigenvalue weighted by atomic mass is 9.98. The molecule has 0 unspecified atom stereocenters. The van der Waals surface area contributed by atoms with Gasteiger partial charge in [-0.05, 0) is 18.2 Å². The molecule has 124 valence electrons. The third-order valence-electron chi connectivity index (χ3n) is 3.18. The molecule has 0 aliphatic heterocycles. The second-order valence-electron chi connectivity index (χ2n) is 4.89. The molecule has 0 fully saturated rings. The van der Waals surface area contributed by atoms with Crippen LogP contribution < -0.4 is 5.32 Å². The van der Waals surface area contributed by atoms with Crippen molar-refractivity contribution in [2.75, 3.05) is 7.11 Å². The average Bonchev–Trinajstić information content (AvgIpc) is 2.51. The van der Waals surface area contributed by atoms with Crippen LogP contribution in [0.4, 0.5) is 13.2 Å². The van der Waals surface area contributed by atoms with Crippen molar-refractivity contribution in [2.24, 2.45) is 5.92 Å². The number of methoxy groups -OCH3 is 1. The van der Waals surface area contributed by atoms with Crippen molar-refractivity contribution in [3.8, 4) is 6.07 Å². The van der Waals surface area contributed by atoms with E-state index in [-0.39, 0.29) is 12.0 Å². The maximum absolute atomic E-state index is 12.7. The van der Waals surface area contributed by atoms with Crippen molar-refractivity contribution >= 4 is 11.9 Å². The topological polar surface area (TPSA) is 79.2 Å². The largest absolute Gasteiger partial charge is 0.467 e. The molecule has 0 heterocycles. The van der Waals surface area contributed by atoms with Crippen LogP contribution in [0.15, 0.2) is 24.3 Å². The van der Waals surface area contributed by atoms with Crippen LogP contribution in [0.2, 0.25) is 0 Å². The molecule has 1 aromatic rings. The summed E-state index contributed by atoms with van der Waals surface area (Å²) >= 11 is 0. The lowest BCUT2D eigenvalue weighted by molar-refractivity contribution is -0.144. The van der Waals surface area contributed by atoms with Gasteiger partial charge in [0.1, 0.15) is 6.04 Å². The molecule has 5 nitrogen and oxygen atoms in total. The minimum Gasteiger partial charge on any atom is -0.467 e. The molecule has 1 rings (SSSR count). The Kier molecular flexibility index (Phi) is 6.13. The van der Waals surface area contributed by atoms with E-state index in [1.54, 1.807) is 6.92 Å². The smallest absolute Gasteiger partial charge is 0.416 e. The highest BCUT2D eigenvalue weighted by molar-refractivity contribution is 5.97. The minimum atomic E-state index is -4.58. The highest BCUT2D eigenvalue weighted by Crippen LogP contribution is 2.29. The highest BCUT2D eigenvalue weighted by atomic mass is 19.4. The van der Waals surface area contributed by atoms with Gasteiger partial charge in [-0.1, -0.05) is 13.0 Å². The van der Waals surface area contributed by atoms with Gasteiger partial charge >= 0.3 is 12.1 Å².